The van der Waals surface area contributed by atoms with Crippen LogP contribution < -0.4 is 0 Å². The largest absolute Gasteiger partial charge is 0.397 e. The Morgan fingerprint density at radius 2 is 1.35 bits per heavy atom. The standard InChI is InChI=1S/C22H40Cl6O5S/c1-2-3-4-10-13-18(24)20(26)21(29)19(25)15-17(23)12-9-7-5-6-8-11-14-22(27,28)16-33-34(30,31)32/h17-21,29H,2-16H2,1H3,(H,30,31,32)/t17-,18+,19+,20+,21-/m0/s1. The molecule has 0 saturated heterocycles. The molecule has 5 atom stereocenters. The van der Waals surface area contributed by atoms with Gasteiger partial charge in [0.25, 0.3) is 0 Å². The van der Waals surface area contributed by atoms with Gasteiger partial charge < -0.3 is 5.11 Å². The van der Waals surface area contributed by atoms with Gasteiger partial charge in [0.15, 0.2) is 0 Å². The second-order valence-corrected chi connectivity index (χ2v) is 13.8. The second-order valence-electron chi connectivity index (χ2n) is 8.86. The summed E-state index contributed by atoms with van der Waals surface area (Å²) in [6, 6.07) is 0. The summed E-state index contributed by atoms with van der Waals surface area (Å²) in [4.78, 5) is 0. The van der Waals surface area contributed by atoms with Crippen LogP contribution in [0.1, 0.15) is 96.8 Å². The first-order chi connectivity index (χ1) is 15.8. The first-order valence-corrected chi connectivity index (χ1v) is 15.9. The Hall–Kier alpha value is 1.57. The van der Waals surface area contributed by atoms with Crippen LogP contribution in [0.5, 0.6) is 0 Å². The van der Waals surface area contributed by atoms with Crippen LogP contribution in [0.2, 0.25) is 0 Å². The van der Waals surface area contributed by atoms with Gasteiger partial charge in [0.1, 0.15) is 10.9 Å². The average molecular weight is 629 g/mol. The van der Waals surface area contributed by atoms with Crippen molar-refractivity contribution in [3.8, 4) is 0 Å². The SMILES string of the molecule is CCCCCC[C@@H](Cl)[C@@H](Cl)[C@@H](O)[C@H](Cl)C[C@@H](Cl)CCCCCCCCC(Cl)(Cl)COS(=O)(=O)O. The van der Waals surface area contributed by atoms with Gasteiger partial charge in [-0.1, -0.05) is 94.3 Å². The summed E-state index contributed by atoms with van der Waals surface area (Å²) in [5, 5.41) is 8.85. The molecule has 206 valence electrons. The fourth-order valence-corrected chi connectivity index (χ4v) is 5.87. The van der Waals surface area contributed by atoms with Crippen LogP contribution in [0, 0.1) is 0 Å². The van der Waals surface area contributed by atoms with E-state index in [2.05, 4.69) is 11.1 Å². The number of unbranched alkanes of at least 4 members (excludes halogenated alkanes) is 8. The Labute approximate surface area is 236 Å². The minimum atomic E-state index is -4.55. The highest BCUT2D eigenvalue weighted by atomic mass is 35.5. The molecule has 0 aliphatic rings. The highest BCUT2D eigenvalue weighted by Crippen LogP contribution is 2.30. The molecule has 0 aromatic heterocycles. The zero-order chi connectivity index (χ0) is 26.2. The number of hydrogen-bond donors (Lipinski definition) is 2. The molecule has 0 spiro atoms. The molecule has 5 nitrogen and oxygen atoms in total. The highest BCUT2D eigenvalue weighted by molar-refractivity contribution is 7.80. The van der Waals surface area contributed by atoms with Crippen molar-refractivity contribution in [3.05, 3.63) is 0 Å². The number of alkyl halides is 6. The maximum absolute atomic E-state index is 10.6. The second kappa shape index (κ2) is 19.6. The van der Waals surface area contributed by atoms with Crippen molar-refractivity contribution in [1.82, 2.24) is 0 Å². The molecule has 0 aromatic carbocycles. The molecule has 0 aliphatic heterocycles. The molecule has 34 heavy (non-hydrogen) atoms. The number of rotatable bonds is 22. The first kappa shape index (κ1) is 35.6. The maximum atomic E-state index is 10.6. The topological polar surface area (TPSA) is 83.8 Å². The summed E-state index contributed by atoms with van der Waals surface area (Å²) in [5.41, 5.74) is 0. The van der Waals surface area contributed by atoms with E-state index in [1.165, 1.54) is 6.42 Å². The van der Waals surface area contributed by atoms with Crippen LogP contribution in [0.25, 0.3) is 0 Å². The molecule has 12 heteroatoms. The summed E-state index contributed by atoms with van der Waals surface area (Å²) in [7, 11) is -4.55. The normalized spacial score (nSPS) is 17.3. The quantitative estimate of drug-likeness (QED) is 0.0716. The number of halogens is 6. The molecular formula is C22H40Cl6O5S. The number of aliphatic hydroxyl groups excluding tert-OH is 1. The zero-order valence-corrected chi connectivity index (χ0v) is 25.1. The molecule has 0 aromatic rings. The first-order valence-electron chi connectivity index (χ1n) is 12.0. The average Bonchev–Trinajstić information content (AvgIpc) is 2.75. The van der Waals surface area contributed by atoms with Gasteiger partial charge in [-0.05, 0) is 25.7 Å². The Balaban J connectivity index is 3.92. The van der Waals surface area contributed by atoms with E-state index >= 15 is 0 Å². The fraction of sp³-hybridized carbons (Fsp3) is 1.00. The van der Waals surface area contributed by atoms with Crippen LogP contribution >= 0.6 is 69.6 Å². The lowest BCUT2D eigenvalue weighted by molar-refractivity contribution is 0.156. The summed E-state index contributed by atoms with van der Waals surface area (Å²) >= 11 is 37.5. The van der Waals surface area contributed by atoms with Crippen LogP contribution in [-0.2, 0) is 14.6 Å². The van der Waals surface area contributed by atoms with E-state index < -0.39 is 38.2 Å². The molecule has 0 fully saturated rings. The lowest BCUT2D eigenvalue weighted by Gasteiger charge is -2.26. The van der Waals surface area contributed by atoms with E-state index in [1.54, 1.807) is 0 Å². The maximum Gasteiger partial charge on any atom is 0.397 e. The summed E-state index contributed by atoms with van der Waals surface area (Å²) in [6.07, 6.45) is 11.5. The van der Waals surface area contributed by atoms with E-state index in [0.29, 0.717) is 19.3 Å². The van der Waals surface area contributed by atoms with Gasteiger partial charge in [0, 0.05) is 5.38 Å². The lowest BCUT2D eigenvalue weighted by Crippen LogP contribution is -2.37. The van der Waals surface area contributed by atoms with Crippen molar-refractivity contribution >= 4 is 80.0 Å². The van der Waals surface area contributed by atoms with Crippen molar-refractivity contribution in [2.75, 3.05) is 6.61 Å². The summed E-state index contributed by atoms with van der Waals surface area (Å²) in [6.45, 7) is 1.66. The van der Waals surface area contributed by atoms with Gasteiger partial charge in [-0.2, -0.15) is 8.42 Å². The molecule has 0 heterocycles. The molecule has 0 aliphatic carbocycles. The highest BCUT2D eigenvalue weighted by Gasteiger charge is 2.31. The third-order valence-electron chi connectivity index (χ3n) is 5.59. The summed E-state index contributed by atoms with van der Waals surface area (Å²) in [5.74, 6) is 0. The van der Waals surface area contributed by atoms with Crippen LogP contribution in [0.15, 0.2) is 0 Å². The van der Waals surface area contributed by atoms with E-state index in [4.69, 9.17) is 74.2 Å². The monoisotopic (exact) mass is 626 g/mol. The molecule has 0 bridgehead atoms. The van der Waals surface area contributed by atoms with Crippen LogP contribution in [-0.4, -0.2) is 56.6 Å². The van der Waals surface area contributed by atoms with Crippen molar-refractivity contribution < 1.29 is 22.3 Å². The van der Waals surface area contributed by atoms with Crippen molar-refractivity contribution in [2.45, 2.75) is 129 Å². The smallest absolute Gasteiger partial charge is 0.390 e. The third kappa shape index (κ3) is 19.7. The minimum Gasteiger partial charge on any atom is -0.390 e. The Kier molecular flexibility index (Phi) is 20.5. The van der Waals surface area contributed by atoms with Gasteiger partial charge in [-0.15, -0.1) is 46.4 Å². The van der Waals surface area contributed by atoms with Gasteiger partial charge in [0.05, 0.1) is 22.2 Å². The Morgan fingerprint density at radius 1 is 0.824 bits per heavy atom. The van der Waals surface area contributed by atoms with E-state index in [-0.39, 0.29) is 10.8 Å². The van der Waals surface area contributed by atoms with E-state index in [0.717, 1.165) is 64.2 Å². The zero-order valence-electron chi connectivity index (χ0n) is 19.8. The van der Waals surface area contributed by atoms with E-state index in [9.17, 15) is 13.5 Å². The third-order valence-corrected chi connectivity index (χ3v) is 8.61. The molecular weight excluding hydrogens is 589 g/mol. The van der Waals surface area contributed by atoms with Crippen LogP contribution in [0.4, 0.5) is 0 Å². The van der Waals surface area contributed by atoms with Gasteiger partial charge in [-0.25, -0.2) is 4.18 Å². The number of hydrogen-bond acceptors (Lipinski definition) is 4. The predicted molar refractivity (Wildman–Crippen MR) is 147 cm³/mol. The minimum absolute atomic E-state index is 0.143. The van der Waals surface area contributed by atoms with Gasteiger partial charge >= 0.3 is 10.4 Å². The molecule has 0 rings (SSSR count). The van der Waals surface area contributed by atoms with Crippen LogP contribution in [0.3, 0.4) is 0 Å². The molecule has 0 saturated carbocycles. The van der Waals surface area contributed by atoms with Crippen molar-refractivity contribution in [3.63, 3.8) is 0 Å². The molecule has 0 amide bonds. The fourth-order valence-electron chi connectivity index (χ4n) is 3.53. The summed E-state index contributed by atoms with van der Waals surface area (Å²) < 4.78 is 32.6. The lowest BCUT2D eigenvalue weighted by atomic mass is 10.00. The van der Waals surface area contributed by atoms with Gasteiger partial charge in [-0.3, -0.25) is 4.55 Å². The van der Waals surface area contributed by atoms with Gasteiger partial charge in [0.2, 0.25) is 0 Å². The Bertz CT molecular complexity index is 611. The predicted octanol–water partition coefficient (Wildman–Crippen LogP) is 8.25. The number of aliphatic hydroxyl groups is 1. The molecule has 0 unspecified atom stereocenters. The molecule has 2 N–H and O–H groups in total. The Morgan fingerprint density at radius 3 is 1.94 bits per heavy atom. The van der Waals surface area contributed by atoms with Crippen molar-refractivity contribution in [2.24, 2.45) is 0 Å². The van der Waals surface area contributed by atoms with Crippen molar-refractivity contribution in [1.29, 1.82) is 0 Å². The molecule has 0 radical (unpaired) electrons. The van der Waals surface area contributed by atoms with E-state index in [1.807, 2.05) is 0 Å².